The molecule has 0 bridgehead atoms. The van der Waals surface area contributed by atoms with Crippen LogP contribution in [0, 0.1) is 0 Å². The Bertz CT molecular complexity index is 395. The number of hydrogen-bond acceptors (Lipinski definition) is 2. The summed E-state index contributed by atoms with van der Waals surface area (Å²) in [7, 11) is 0. The molecule has 1 aromatic rings. The van der Waals surface area contributed by atoms with Crippen molar-refractivity contribution in [2.24, 2.45) is 5.73 Å². The van der Waals surface area contributed by atoms with Crippen LogP contribution in [-0.2, 0) is 4.79 Å². The van der Waals surface area contributed by atoms with Crippen molar-refractivity contribution in [1.82, 2.24) is 0 Å². The first-order valence-electron chi connectivity index (χ1n) is 3.56. The number of carbonyl (C=O) groups is 1. The maximum Gasteiger partial charge on any atom is 0.276 e. The van der Waals surface area contributed by atoms with Crippen LogP contribution in [0.15, 0.2) is 18.2 Å². The van der Waals surface area contributed by atoms with Crippen LogP contribution in [0.2, 0.25) is 10.0 Å². The molecule has 0 fully saturated rings. The van der Waals surface area contributed by atoms with E-state index in [1.165, 1.54) is 0 Å². The van der Waals surface area contributed by atoms with Gasteiger partial charge in [0.1, 0.15) is 0 Å². The highest BCUT2D eigenvalue weighted by Crippen LogP contribution is 2.24. The smallest absolute Gasteiger partial charge is 0.276 e. The first-order valence-corrected chi connectivity index (χ1v) is 4.73. The third-order valence-electron chi connectivity index (χ3n) is 1.40. The zero-order valence-corrected chi connectivity index (χ0v) is 9.21. The average molecular weight is 249 g/mol. The monoisotopic (exact) mass is 248 g/mol. The number of carbonyl (C=O) groups excluding carboxylic acids is 1. The van der Waals surface area contributed by atoms with Gasteiger partial charge in [-0.1, -0.05) is 35.4 Å². The second-order valence-electron chi connectivity index (χ2n) is 2.45. The molecule has 3 nitrogen and oxygen atoms in total. The summed E-state index contributed by atoms with van der Waals surface area (Å²) in [5.74, 6) is -0.689. The lowest BCUT2D eigenvalue weighted by Gasteiger charge is -2.05. The van der Waals surface area contributed by atoms with E-state index in [2.05, 4.69) is 17.5 Å². The number of nitrogens with two attached hydrogens (primary N) is 1. The van der Waals surface area contributed by atoms with E-state index in [0.717, 1.165) is 0 Å². The molecule has 1 aromatic carbocycles. The van der Waals surface area contributed by atoms with Crippen LogP contribution in [0.3, 0.4) is 0 Å². The first-order chi connectivity index (χ1) is 6.50. The Balaban J connectivity index is 2.83. The summed E-state index contributed by atoms with van der Waals surface area (Å²) in [6.45, 7) is 0. The lowest BCUT2D eigenvalue weighted by molar-refractivity contribution is -0.111. The first kappa shape index (κ1) is 11.2. The molecule has 1 rings (SSSR count). The van der Waals surface area contributed by atoms with Crippen LogP contribution < -0.4 is 11.1 Å². The predicted molar refractivity (Wildman–Crippen MR) is 61.9 cm³/mol. The van der Waals surface area contributed by atoms with E-state index in [-0.39, 0.29) is 4.99 Å². The Labute approximate surface area is 96.2 Å². The molecule has 0 aliphatic carbocycles. The largest absolute Gasteiger partial charge is 0.364 e. The topological polar surface area (TPSA) is 55.1 Å². The van der Waals surface area contributed by atoms with Gasteiger partial charge in [-0.2, -0.15) is 0 Å². The van der Waals surface area contributed by atoms with E-state index in [1.807, 2.05) is 0 Å². The number of halogens is 2. The van der Waals surface area contributed by atoms with Crippen molar-refractivity contribution in [2.45, 2.75) is 0 Å². The van der Waals surface area contributed by atoms with E-state index in [0.29, 0.717) is 15.7 Å². The molecule has 0 aliphatic rings. The number of anilines is 1. The van der Waals surface area contributed by atoms with Crippen molar-refractivity contribution >= 4 is 52.0 Å². The van der Waals surface area contributed by atoms with Gasteiger partial charge in [0.05, 0.1) is 10.0 Å². The van der Waals surface area contributed by atoms with Crippen molar-refractivity contribution in [3.05, 3.63) is 28.2 Å². The van der Waals surface area contributed by atoms with Gasteiger partial charge < -0.3 is 11.1 Å². The summed E-state index contributed by atoms with van der Waals surface area (Å²) in [4.78, 5) is 10.5. The minimum absolute atomic E-state index is 0.0663. The third kappa shape index (κ3) is 2.83. The van der Waals surface area contributed by atoms with Gasteiger partial charge in [0.25, 0.3) is 5.91 Å². The predicted octanol–water partition coefficient (Wildman–Crippen LogP) is 2.22. The number of amides is 1. The standard InChI is InChI=1S/C8H6Cl2N2OS/c9-5-2-1-4(3-6(5)10)12-8(14)7(11)13/h1-3H,(H2,11,13)(H,12,14). The molecule has 0 heterocycles. The quantitative estimate of drug-likeness (QED) is 0.750. The Kier molecular flexibility index (Phi) is 3.69. The number of primary amides is 1. The number of rotatable bonds is 1. The maximum absolute atomic E-state index is 10.6. The van der Waals surface area contributed by atoms with Crippen LogP contribution in [0.25, 0.3) is 0 Å². The van der Waals surface area contributed by atoms with Gasteiger partial charge in [-0.05, 0) is 18.2 Å². The fraction of sp³-hybridized carbons (Fsp3) is 0. The molecule has 3 N–H and O–H groups in total. The fourth-order valence-electron chi connectivity index (χ4n) is 0.767. The van der Waals surface area contributed by atoms with Crippen LogP contribution in [-0.4, -0.2) is 10.9 Å². The third-order valence-corrected chi connectivity index (χ3v) is 2.44. The van der Waals surface area contributed by atoms with Gasteiger partial charge in [0.15, 0.2) is 4.99 Å². The highest BCUT2D eigenvalue weighted by molar-refractivity contribution is 7.82. The summed E-state index contributed by atoms with van der Waals surface area (Å²) in [5.41, 5.74) is 5.52. The molecule has 0 atom stereocenters. The number of benzene rings is 1. The Morgan fingerprint density at radius 1 is 1.36 bits per heavy atom. The molecular weight excluding hydrogens is 243 g/mol. The number of thiocarbonyl (C=S) groups is 1. The van der Waals surface area contributed by atoms with Crippen LogP contribution in [0.5, 0.6) is 0 Å². The molecule has 0 saturated heterocycles. The van der Waals surface area contributed by atoms with Crippen LogP contribution in [0.1, 0.15) is 0 Å². The molecule has 0 aliphatic heterocycles. The Hall–Kier alpha value is -0.840. The van der Waals surface area contributed by atoms with Gasteiger partial charge in [0, 0.05) is 5.69 Å². The Morgan fingerprint density at radius 2 is 2.00 bits per heavy atom. The second kappa shape index (κ2) is 4.59. The van der Waals surface area contributed by atoms with Gasteiger partial charge in [-0.15, -0.1) is 0 Å². The van der Waals surface area contributed by atoms with Crippen molar-refractivity contribution in [2.75, 3.05) is 5.32 Å². The zero-order valence-electron chi connectivity index (χ0n) is 6.88. The SMILES string of the molecule is NC(=O)C(=S)Nc1ccc(Cl)c(Cl)c1. The molecule has 14 heavy (non-hydrogen) atoms. The van der Waals surface area contributed by atoms with E-state index >= 15 is 0 Å². The normalized spacial score (nSPS) is 9.57. The van der Waals surface area contributed by atoms with Crippen molar-refractivity contribution in [1.29, 1.82) is 0 Å². The minimum atomic E-state index is -0.689. The van der Waals surface area contributed by atoms with E-state index in [9.17, 15) is 4.79 Å². The highest BCUT2D eigenvalue weighted by atomic mass is 35.5. The van der Waals surface area contributed by atoms with Crippen molar-refractivity contribution < 1.29 is 4.79 Å². The number of hydrogen-bond donors (Lipinski definition) is 2. The number of nitrogens with one attached hydrogen (secondary N) is 1. The summed E-state index contributed by atoms with van der Waals surface area (Å²) in [5, 5.41) is 3.43. The molecule has 0 spiro atoms. The van der Waals surface area contributed by atoms with Gasteiger partial charge in [-0.25, -0.2) is 0 Å². The molecule has 0 radical (unpaired) electrons. The molecule has 0 saturated carbocycles. The second-order valence-corrected chi connectivity index (χ2v) is 3.67. The minimum Gasteiger partial charge on any atom is -0.364 e. The summed E-state index contributed by atoms with van der Waals surface area (Å²) >= 11 is 16.1. The molecule has 0 unspecified atom stereocenters. The molecule has 6 heteroatoms. The van der Waals surface area contributed by atoms with E-state index in [4.69, 9.17) is 28.9 Å². The van der Waals surface area contributed by atoms with Gasteiger partial charge in [0.2, 0.25) is 0 Å². The van der Waals surface area contributed by atoms with Gasteiger partial charge in [-0.3, -0.25) is 4.79 Å². The summed E-state index contributed by atoms with van der Waals surface area (Å²) in [6, 6.07) is 4.79. The lowest BCUT2D eigenvalue weighted by atomic mass is 10.3. The average Bonchev–Trinajstić information content (AvgIpc) is 2.11. The summed E-state index contributed by atoms with van der Waals surface area (Å²) < 4.78 is 0. The van der Waals surface area contributed by atoms with Crippen molar-refractivity contribution in [3.63, 3.8) is 0 Å². The van der Waals surface area contributed by atoms with Crippen LogP contribution in [0.4, 0.5) is 5.69 Å². The van der Waals surface area contributed by atoms with E-state index < -0.39 is 5.91 Å². The highest BCUT2D eigenvalue weighted by Gasteiger charge is 2.05. The molecule has 74 valence electrons. The van der Waals surface area contributed by atoms with Crippen molar-refractivity contribution in [3.8, 4) is 0 Å². The van der Waals surface area contributed by atoms with Crippen LogP contribution >= 0.6 is 35.4 Å². The molecule has 1 amide bonds. The molecule has 0 aromatic heterocycles. The van der Waals surface area contributed by atoms with E-state index in [1.54, 1.807) is 18.2 Å². The Morgan fingerprint density at radius 3 is 2.50 bits per heavy atom. The summed E-state index contributed by atoms with van der Waals surface area (Å²) in [6.07, 6.45) is 0. The maximum atomic E-state index is 10.6. The molecular formula is C8H6Cl2N2OS. The van der Waals surface area contributed by atoms with Gasteiger partial charge >= 0.3 is 0 Å². The zero-order chi connectivity index (χ0) is 10.7. The lowest BCUT2D eigenvalue weighted by Crippen LogP contribution is -2.27. The fourth-order valence-corrected chi connectivity index (χ4v) is 1.18.